The fraction of sp³-hybridized carbons (Fsp3) is 0.625. The summed E-state index contributed by atoms with van der Waals surface area (Å²) < 4.78 is 5.27. The van der Waals surface area contributed by atoms with E-state index in [0.29, 0.717) is 0 Å². The van der Waals surface area contributed by atoms with Gasteiger partial charge in [-0.25, -0.2) is 4.79 Å². The van der Waals surface area contributed by atoms with Crippen LogP contribution >= 0.6 is 11.8 Å². The van der Waals surface area contributed by atoms with Crippen molar-refractivity contribution < 1.29 is 63.2 Å². The van der Waals surface area contributed by atoms with Crippen molar-refractivity contribution >= 4 is 71.6 Å². The van der Waals surface area contributed by atoms with E-state index in [2.05, 4.69) is 31.6 Å². The first-order valence-corrected chi connectivity index (χ1v) is 18.7. The van der Waals surface area contributed by atoms with Crippen molar-refractivity contribution in [1.29, 1.82) is 0 Å². The normalized spacial score (nSPS) is 20.4. The molecule has 57 heavy (non-hydrogen) atoms. The number of aliphatic hydroxyl groups is 1. The molecule has 8 atom stereocenters. The van der Waals surface area contributed by atoms with Gasteiger partial charge in [0.25, 0.3) is 5.91 Å². The molecule has 6 amide bonds. The lowest BCUT2D eigenvalue weighted by Gasteiger charge is -2.56. The number of carbonyl (C=O) groups is 9. The van der Waals surface area contributed by atoms with Gasteiger partial charge in [-0.3, -0.25) is 48.2 Å². The molecule has 0 unspecified atom stereocenters. The third-order valence-corrected chi connectivity index (χ3v) is 10.1. The zero-order valence-corrected chi connectivity index (χ0v) is 32.3. The second kappa shape index (κ2) is 21.7. The van der Waals surface area contributed by atoms with Crippen molar-refractivity contribution in [2.75, 3.05) is 18.9 Å². The molecule has 1 saturated heterocycles. The largest absolute Gasteiger partial charge is 0.480 e. The smallest absolute Gasteiger partial charge is 0.352 e. The molecule has 2 aliphatic heterocycles. The number of fused-ring (bicyclic) bond motifs is 1. The Morgan fingerprint density at radius 2 is 1.60 bits per heavy atom. The molecule has 0 aromatic carbocycles. The molecule has 0 radical (unpaired) electrons. The number of carbonyl (C=O) groups excluding carboxylic acids is 7. The number of carboxylic acid groups (broad SMARTS) is 2. The number of esters is 1. The predicted octanol–water partition coefficient (Wildman–Crippen LogP) is -5.43. The number of ether oxygens (including phenoxy) is 1. The van der Waals surface area contributed by atoms with E-state index in [1.807, 2.05) is 0 Å². The van der Waals surface area contributed by atoms with Crippen LogP contribution in [0.3, 0.4) is 0 Å². The number of thioether (sulfide) groups is 1. The molecular weight excluding hydrogens is 778 g/mol. The Morgan fingerprint density at radius 1 is 0.982 bits per heavy atom. The number of aliphatic hydroxyl groups excluding tert-OH is 1. The lowest BCUT2D eigenvalue weighted by atomic mass is 9.94. The van der Waals surface area contributed by atoms with Crippen LogP contribution in [0.25, 0.3) is 0 Å². The van der Waals surface area contributed by atoms with Crippen LogP contribution in [0.1, 0.15) is 59.3 Å². The monoisotopic (exact) mass is 829 g/mol. The van der Waals surface area contributed by atoms with Crippen molar-refractivity contribution in [3.8, 4) is 0 Å². The van der Waals surface area contributed by atoms with E-state index in [1.165, 1.54) is 20.8 Å². The van der Waals surface area contributed by atoms with E-state index < -0.39 is 114 Å². The minimum absolute atomic E-state index is 0.0216. The number of β-lactam (4-membered cyclic amide) rings is 1. The van der Waals surface area contributed by atoms with Gasteiger partial charge in [0, 0.05) is 24.3 Å². The molecule has 24 nitrogen and oxygen atoms in total. The highest BCUT2D eigenvalue weighted by atomic mass is 32.2. The third kappa shape index (κ3) is 13.3. The van der Waals surface area contributed by atoms with E-state index in [-0.39, 0.29) is 62.3 Å². The van der Waals surface area contributed by atoms with Crippen LogP contribution in [0.4, 0.5) is 0 Å². The van der Waals surface area contributed by atoms with Crippen molar-refractivity contribution in [2.24, 2.45) is 27.9 Å². The molecule has 16 N–H and O–H groups in total. The zero-order chi connectivity index (χ0) is 43.2. The number of nitrogens with zero attached hydrogens (tertiary/aromatic N) is 2. The molecule has 0 saturated carbocycles. The van der Waals surface area contributed by atoms with Crippen LogP contribution in [-0.2, 0) is 47.9 Å². The Kier molecular flexibility index (Phi) is 18.1. The van der Waals surface area contributed by atoms with Crippen LogP contribution in [-0.4, -0.2) is 146 Å². The van der Waals surface area contributed by atoms with Gasteiger partial charge in [-0.2, -0.15) is 0 Å². The van der Waals surface area contributed by atoms with Crippen molar-refractivity contribution in [1.82, 2.24) is 31.5 Å². The number of guanidine groups is 1. The molecule has 2 rings (SSSR count). The van der Waals surface area contributed by atoms with Crippen LogP contribution < -0.4 is 49.5 Å². The van der Waals surface area contributed by atoms with E-state index >= 15 is 0 Å². The van der Waals surface area contributed by atoms with Crippen molar-refractivity contribution in [3.63, 3.8) is 0 Å². The number of hydrogen-bond donors (Lipinski definition) is 12. The highest BCUT2D eigenvalue weighted by Crippen LogP contribution is 2.45. The van der Waals surface area contributed by atoms with Crippen LogP contribution in [0.15, 0.2) is 16.3 Å². The van der Waals surface area contributed by atoms with Crippen LogP contribution in [0.5, 0.6) is 0 Å². The summed E-state index contributed by atoms with van der Waals surface area (Å²) in [4.78, 5) is 116. The first-order chi connectivity index (χ1) is 26.7. The predicted molar refractivity (Wildman–Crippen MR) is 200 cm³/mol. The van der Waals surface area contributed by atoms with Gasteiger partial charge in [0.05, 0.1) is 24.6 Å². The Morgan fingerprint density at radius 3 is 2.16 bits per heavy atom. The second-order valence-corrected chi connectivity index (χ2v) is 14.4. The van der Waals surface area contributed by atoms with Crippen LogP contribution in [0, 0.1) is 0 Å². The van der Waals surface area contributed by atoms with Crippen molar-refractivity contribution in [2.45, 2.75) is 107 Å². The summed E-state index contributed by atoms with van der Waals surface area (Å²) in [6.45, 7) is 3.62. The van der Waals surface area contributed by atoms with Gasteiger partial charge in [-0.05, 0) is 46.5 Å². The third-order valence-electron chi connectivity index (χ3n) is 8.67. The molecule has 318 valence electrons. The minimum Gasteiger partial charge on any atom is -0.480 e. The van der Waals surface area contributed by atoms with Gasteiger partial charge in [0.1, 0.15) is 35.8 Å². The SMILES string of the molecule is C[C@H](N)C(=O)N[C@@H](C)C(=O)N[C@@H](C)C(=O)N[C@@H](CCCN=C(N)N)[C@H](O)CC(=O)OCC1=C(C(=O)O)N2C(=O)[C@@](NC=O)(NC(=O)CCC[C@@H](N)C(=O)O)[C@H]2SC1. The maximum atomic E-state index is 13.4. The van der Waals surface area contributed by atoms with Gasteiger partial charge >= 0.3 is 17.9 Å². The highest BCUT2D eigenvalue weighted by molar-refractivity contribution is 8.00. The zero-order valence-electron chi connectivity index (χ0n) is 31.5. The second-order valence-electron chi connectivity index (χ2n) is 13.3. The molecular formula is C32H51N11O13S. The Balaban J connectivity index is 2.12. The summed E-state index contributed by atoms with van der Waals surface area (Å²) in [5.74, 6) is -7.99. The standard InChI is InChI=1S/C32H51N11O13S/c1-14(33)24(48)39-15(2)25(49)40-16(3)26(50)41-19(7-5-9-37-31(35)36)20(45)10-22(47)56-11-17-12-57-30-32(38-13-44,29(55)43(30)23(17)28(53)54)42-21(46)8-4-6-18(34)27(51)52/h13-16,18-20,30,45H,4-12,33-34H2,1-3H3,(H,38,44)(H,39,48)(H,40,49)(H,41,50)(H,42,46)(H,51,52)(H,53,54)(H4,35,36,37)/t14-,15-,16-,18+,19-,20+,30+,32+/m0/s1. The number of hydrogen-bond acceptors (Lipinski definition) is 15. The average Bonchev–Trinajstić information content (AvgIpc) is 3.13. The first-order valence-electron chi connectivity index (χ1n) is 17.6. The number of nitrogens with two attached hydrogens (primary N) is 4. The minimum atomic E-state index is -2.02. The van der Waals surface area contributed by atoms with Gasteiger partial charge in [0.15, 0.2) is 5.96 Å². The summed E-state index contributed by atoms with van der Waals surface area (Å²) in [6, 6.07) is -5.40. The molecule has 25 heteroatoms. The van der Waals surface area contributed by atoms with Crippen LogP contribution in [0.2, 0.25) is 0 Å². The number of aliphatic imine (C=N–C) groups is 1. The number of rotatable bonds is 24. The molecule has 2 aliphatic rings. The maximum Gasteiger partial charge on any atom is 0.352 e. The lowest BCUT2D eigenvalue weighted by molar-refractivity contribution is -0.162. The van der Waals surface area contributed by atoms with Gasteiger partial charge < -0.3 is 69.6 Å². The summed E-state index contributed by atoms with van der Waals surface area (Å²) >= 11 is 0.948. The molecule has 0 aromatic heterocycles. The number of amides is 6. The first kappa shape index (κ1) is 47.6. The highest BCUT2D eigenvalue weighted by Gasteiger charge is 2.66. The fourth-order valence-electron chi connectivity index (χ4n) is 5.54. The number of carboxylic acids is 2. The van der Waals surface area contributed by atoms with Crippen molar-refractivity contribution in [3.05, 3.63) is 11.3 Å². The summed E-state index contributed by atoms with van der Waals surface area (Å²) in [7, 11) is 0. The molecule has 0 aromatic rings. The topological polar surface area (TPSA) is 403 Å². The summed E-state index contributed by atoms with van der Waals surface area (Å²) in [5, 5.41) is 40.9. The molecule has 0 bridgehead atoms. The van der Waals surface area contributed by atoms with E-state index in [9.17, 15) is 53.4 Å². The van der Waals surface area contributed by atoms with Gasteiger partial charge in [-0.1, -0.05) is 0 Å². The quantitative estimate of drug-likeness (QED) is 0.00821. The Labute approximate surface area is 330 Å². The van der Waals surface area contributed by atoms with Gasteiger partial charge in [0.2, 0.25) is 35.7 Å². The van der Waals surface area contributed by atoms with Gasteiger partial charge in [-0.15, -0.1) is 11.8 Å². The average molecular weight is 830 g/mol. The molecule has 1 fully saturated rings. The fourth-order valence-corrected chi connectivity index (χ4v) is 6.94. The van der Waals surface area contributed by atoms with E-state index in [4.69, 9.17) is 32.8 Å². The molecule has 2 heterocycles. The lowest BCUT2D eigenvalue weighted by Crippen LogP contribution is -2.85. The maximum absolute atomic E-state index is 13.4. The number of aliphatic carboxylic acids is 2. The summed E-state index contributed by atoms with van der Waals surface area (Å²) in [5.41, 5.74) is 19.1. The summed E-state index contributed by atoms with van der Waals surface area (Å²) in [6.07, 6.45) is -2.10. The van der Waals surface area contributed by atoms with E-state index in [0.717, 1.165) is 16.7 Å². The molecule has 0 aliphatic carbocycles. The Bertz CT molecular complexity index is 1620. The number of nitrogens with one attached hydrogen (secondary N) is 5. The van der Waals surface area contributed by atoms with E-state index in [1.54, 1.807) is 0 Å². The Hall–Kier alpha value is -5.53. The molecule has 0 spiro atoms.